The quantitative estimate of drug-likeness (QED) is 0.844. The van der Waals surface area contributed by atoms with Crippen molar-refractivity contribution in [1.29, 1.82) is 0 Å². The molecular weight excluding hydrogens is 202 g/mol. The number of hydrogen-bond donors (Lipinski definition) is 1. The fraction of sp³-hybridized carbons (Fsp3) is 0.250. The van der Waals surface area contributed by atoms with Gasteiger partial charge in [0.2, 0.25) is 0 Å². The van der Waals surface area contributed by atoms with Crippen LogP contribution in [0.3, 0.4) is 0 Å². The Balaban J connectivity index is 2.12. The Morgan fingerprint density at radius 3 is 2.69 bits per heavy atom. The van der Waals surface area contributed by atoms with Gasteiger partial charge >= 0.3 is 0 Å². The molecule has 0 fully saturated rings. The minimum absolute atomic E-state index is 0.143. The van der Waals surface area contributed by atoms with E-state index in [0.29, 0.717) is 6.54 Å². The molecule has 1 aromatic carbocycles. The number of hydrogen-bond acceptors (Lipinski definition) is 3. The van der Waals surface area contributed by atoms with Crippen LogP contribution in [0.15, 0.2) is 42.7 Å². The lowest BCUT2D eigenvalue weighted by molar-refractivity contribution is 0.214. The van der Waals surface area contributed by atoms with Gasteiger partial charge in [-0.05, 0) is 12.1 Å². The SMILES string of the molecule is Cn1cc(C(CN)Oc2ccccc2)cn1. The second kappa shape index (κ2) is 4.81. The third-order valence-electron chi connectivity index (χ3n) is 2.33. The van der Waals surface area contributed by atoms with Gasteiger partial charge in [-0.25, -0.2) is 0 Å². The molecule has 2 N–H and O–H groups in total. The van der Waals surface area contributed by atoms with Crippen LogP contribution in [0.25, 0.3) is 0 Å². The van der Waals surface area contributed by atoms with Crippen molar-refractivity contribution in [1.82, 2.24) is 9.78 Å². The predicted molar refractivity (Wildman–Crippen MR) is 62.1 cm³/mol. The summed E-state index contributed by atoms with van der Waals surface area (Å²) in [6.07, 6.45) is 3.55. The summed E-state index contributed by atoms with van der Waals surface area (Å²) in [6, 6.07) is 9.66. The molecule has 4 heteroatoms. The summed E-state index contributed by atoms with van der Waals surface area (Å²) < 4.78 is 7.53. The Bertz CT molecular complexity index is 439. The van der Waals surface area contributed by atoms with Crippen molar-refractivity contribution in [3.63, 3.8) is 0 Å². The monoisotopic (exact) mass is 217 g/mol. The van der Waals surface area contributed by atoms with E-state index in [-0.39, 0.29) is 6.10 Å². The molecule has 2 aromatic rings. The summed E-state index contributed by atoms with van der Waals surface area (Å²) >= 11 is 0. The van der Waals surface area contributed by atoms with Gasteiger partial charge in [-0.1, -0.05) is 18.2 Å². The van der Waals surface area contributed by atoms with Gasteiger partial charge in [0, 0.05) is 25.4 Å². The fourth-order valence-electron chi connectivity index (χ4n) is 1.52. The highest BCUT2D eigenvalue weighted by atomic mass is 16.5. The zero-order valence-corrected chi connectivity index (χ0v) is 9.21. The molecule has 2 rings (SSSR count). The molecule has 1 atom stereocenters. The number of ether oxygens (including phenoxy) is 1. The first-order chi connectivity index (χ1) is 7.79. The highest BCUT2D eigenvalue weighted by Crippen LogP contribution is 2.20. The molecule has 0 spiro atoms. The molecule has 0 aliphatic heterocycles. The van der Waals surface area contributed by atoms with E-state index >= 15 is 0 Å². The van der Waals surface area contributed by atoms with Crippen LogP contribution < -0.4 is 10.5 Å². The molecule has 1 unspecified atom stereocenters. The topological polar surface area (TPSA) is 53.1 Å². The summed E-state index contributed by atoms with van der Waals surface area (Å²) in [6.45, 7) is 0.431. The summed E-state index contributed by atoms with van der Waals surface area (Å²) in [5, 5.41) is 4.11. The second-order valence-corrected chi connectivity index (χ2v) is 3.60. The van der Waals surface area contributed by atoms with Crippen LogP contribution in [0.4, 0.5) is 0 Å². The Morgan fingerprint density at radius 2 is 2.12 bits per heavy atom. The smallest absolute Gasteiger partial charge is 0.139 e. The van der Waals surface area contributed by atoms with E-state index in [1.54, 1.807) is 10.9 Å². The molecule has 4 nitrogen and oxygen atoms in total. The molecule has 0 bridgehead atoms. The van der Waals surface area contributed by atoms with Crippen molar-refractivity contribution < 1.29 is 4.74 Å². The second-order valence-electron chi connectivity index (χ2n) is 3.60. The van der Waals surface area contributed by atoms with Crippen LogP contribution in [-0.4, -0.2) is 16.3 Å². The van der Waals surface area contributed by atoms with Crippen molar-refractivity contribution in [3.05, 3.63) is 48.3 Å². The average Bonchev–Trinajstić information content (AvgIpc) is 2.74. The van der Waals surface area contributed by atoms with E-state index in [4.69, 9.17) is 10.5 Å². The van der Waals surface area contributed by atoms with Gasteiger partial charge < -0.3 is 10.5 Å². The Hall–Kier alpha value is -1.81. The molecule has 1 aromatic heterocycles. The van der Waals surface area contributed by atoms with Crippen molar-refractivity contribution >= 4 is 0 Å². The lowest BCUT2D eigenvalue weighted by atomic mass is 10.2. The van der Waals surface area contributed by atoms with Crippen LogP contribution in [0.5, 0.6) is 5.75 Å². The first-order valence-electron chi connectivity index (χ1n) is 5.20. The molecule has 0 saturated carbocycles. The van der Waals surface area contributed by atoms with Crippen LogP contribution >= 0.6 is 0 Å². The maximum atomic E-state index is 5.78. The zero-order chi connectivity index (χ0) is 11.4. The van der Waals surface area contributed by atoms with Gasteiger partial charge in [0.1, 0.15) is 11.9 Å². The fourth-order valence-corrected chi connectivity index (χ4v) is 1.52. The van der Waals surface area contributed by atoms with Gasteiger partial charge in [-0.2, -0.15) is 5.10 Å². The van der Waals surface area contributed by atoms with E-state index in [2.05, 4.69) is 5.10 Å². The van der Waals surface area contributed by atoms with Gasteiger partial charge in [-0.3, -0.25) is 4.68 Å². The van der Waals surface area contributed by atoms with Crippen LogP contribution in [0.1, 0.15) is 11.7 Å². The number of nitrogens with two attached hydrogens (primary N) is 1. The average molecular weight is 217 g/mol. The third-order valence-corrected chi connectivity index (χ3v) is 2.33. The summed E-state index contributed by atoms with van der Waals surface area (Å²) in [5.41, 5.74) is 6.69. The Morgan fingerprint density at radius 1 is 1.38 bits per heavy atom. The number of rotatable bonds is 4. The van der Waals surface area contributed by atoms with E-state index in [9.17, 15) is 0 Å². The van der Waals surface area contributed by atoms with Gasteiger partial charge in [-0.15, -0.1) is 0 Å². The normalized spacial score (nSPS) is 12.4. The summed E-state index contributed by atoms with van der Waals surface area (Å²) in [4.78, 5) is 0. The molecular formula is C12H15N3O. The van der Waals surface area contributed by atoms with Gasteiger partial charge in [0.25, 0.3) is 0 Å². The minimum atomic E-state index is -0.143. The van der Waals surface area contributed by atoms with E-state index in [1.807, 2.05) is 43.6 Å². The van der Waals surface area contributed by atoms with Crippen LogP contribution in [0, 0.1) is 0 Å². The Kier molecular flexibility index (Phi) is 3.22. The molecule has 0 aliphatic rings. The maximum Gasteiger partial charge on any atom is 0.139 e. The number of aromatic nitrogens is 2. The van der Waals surface area contributed by atoms with E-state index < -0.39 is 0 Å². The number of benzene rings is 1. The van der Waals surface area contributed by atoms with Crippen molar-refractivity contribution in [3.8, 4) is 5.75 Å². The molecule has 0 saturated heterocycles. The van der Waals surface area contributed by atoms with Crippen LogP contribution in [0.2, 0.25) is 0 Å². The maximum absolute atomic E-state index is 5.78. The largest absolute Gasteiger partial charge is 0.484 e. The molecule has 84 valence electrons. The summed E-state index contributed by atoms with van der Waals surface area (Å²) in [5.74, 6) is 0.821. The highest BCUT2D eigenvalue weighted by Gasteiger charge is 2.12. The number of para-hydroxylation sites is 1. The molecule has 0 aliphatic carbocycles. The van der Waals surface area contributed by atoms with E-state index in [1.165, 1.54) is 0 Å². The first-order valence-corrected chi connectivity index (χ1v) is 5.20. The van der Waals surface area contributed by atoms with Crippen molar-refractivity contribution in [2.45, 2.75) is 6.10 Å². The minimum Gasteiger partial charge on any atom is -0.484 e. The summed E-state index contributed by atoms with van der Waals surface area (Å²) in [7, 11) is 1.87. The number of nitrogens with zero attached hydrogens (tertiary/aromatic N) is 2. The predicted octanol–water partition coefficient (Wildman–Crippen LogP) is 1.50. The van der Waals surface area contributed by atoms with Crippen LogP contribution in [-0.2, 0) is 7.05 Å². The molecule has 1 heterocycles. The van der Waals surface area contributed by atoms with E-state index in [0.717, 1.165) is 11.3 Å². The van der Waals surface area contributed by atoms with Crippen molar-refractivity contribution in [2.24, 2.45) is 12.8 Å². The zero-order valence-electron chi connectivity index (χ0n) is 9.21. The lowest BCUT2D eigenvalue weighted by Crippen LogP contribution is -2.17. The van der Waals surface area contributed by atoms with Gasteiger partial charge in [0.05, 0.1) is 6.20 Å². The molecule has 16 heavy (non-hydrogen) atoms. The highest BCUT2D eigenvalue weighted by molar-refractivity contribution is 5.23. The standard InChI is InChI=1S/C12H15N3O/c1-15-9-10(8-14-15)12(7-13)16-11-5-3-2-4-6-11/h2-6,8-9,12H,7,13H2,1H3. The Labute approximate surface area is 94.6 Å². The number of aryl methyl sites for hydroxylation is 1. The van der Waals surface area contributed by atoms with Gasteiger partial charge in [0.15, 0.2) is 0 Å². The molecule has 0 amide bonds. The van der Waals surface area contributed by atoms with Crippen molar-refractivity contribution in [2.75, 3.05) is 6.54 Å². The first kappa shape index (κ1) is 10.7. The molecule has 0 radical (unpaired) electrons. The third kappa shape index (κ3) is 2.41. The lowest BCUT2D eigenvalue weighted by Gasteiger charge is -2.15.